The highest BCUT2D eigenvalue weighted by Crippen LogP contribution is 2.24. The Morgan fingerprint density at radius 2 is 1.93 bits per heavy atom. The van der Waals surface area contributed by atoms with Gasteiger partial charge in [-0.1, -0.05) is 17.7 Å². The first-order chi connectivity index (χ1) is 6.18. The fraction of sp³-hybridized carbons (Fsp3) is 0.100. The predicted molar refractivity (Wildman–Crippen MR) is 63.2 cm³/mol. The van der Waals surface area contributed by atoms with Crippen LogP contribution >= 0.6 is 24.0 Å². The van der Waals surface area contributed by atoms with E-state index in [0.29, 0.717) is 5.15 Å². The monoisotopic (exact) mass is 228 g/mol. The largest absolute Gasteiger partial charge is 0.398 e. The minimum atomic E-state index is 0. The summed E-state index contributed by atoms with van der Waals surface area (Å²) in [6, 6.07) is 7.51. The normalized spacial score (nSPS) is 9.86. The van der Waals surface area contributed by atoms with Crippen LogP contribution in [0.2, 0.25) is 5.15 Å². The second-order valence-electron chi connectivity index (χ2n) is 3.00. The first kappa shape index (κ1) is 11.1. The van der Waals surface area contributed by atoms with E-state index in [1.807, 2.05) is 25.1 Å². The molecule has 0 radical (unpaired) electrons. The molecular weight excluding hydrogens is 219 g/mol. The minimum absolute atomic E-state index is 0. The number of fused-ring (bicyclic) bond motifs is 1. The van der Waals surface area contributed by atoms with Crippen molar-refractivity contribution in [1.82, 2.24) is 4.98 Å². The molecule has 0 unspecified atom stereocenters. The van der Waals surface area contributed by atoms with Crippen LogP contribution in [-0.4, -0.2) is 4.98 Å². The van der Waals surface area contributed by atoms with Gasteiger partial charge in [0.2, 0.25) is 0 Å². The number of nitrogens with zero attached hydrogens (tertiary/aromatic N) is 1. The maximum atomic E-state index is 5.89. The second kappa shape index (κ2) is 4.03. The Morgan fingerprint density at radius 1 is 1.21 bits per heavy atom. The quantitative estimate of drug-likeness (QED) is 0.556. The molecule has 0 aliphatic carbocycles. The van der Waals surface area contributed by atoms with Crippen LogP contribution in [0.1, 0.15) is 5.56 Å². The van der Waals surface area contributed by atoms with Gasteiger partial charge < -0.3 is 5.73 Å². The van der Waals surface area contributed by atoms with Gasteiger partial charge in [-0.2, -0.15) is 0 Å². The van der Waals surface area contributed by atoms with E-state index in [0.717, 1.165) is 22.2 Å². The smallest absolute Gasteiger partial charge is 0.129 e. The molecule has 0 bridgehead atoms. The second-order valence-corrected chi connectivity index (χ2v) is 3.38. The Morgan fingerprint density at radius 3 is 2.64 bits per heavy atom. The number of hydrogen-bond acceptors (Lipinski definition) is 2. The molecule has 0 saturated heterocycles. The van der Waals surface area contributed by atoms with Crippen molar-refractivity contribution in [1.29, 1.82) is 0 Å². The maximum Gasteiger partial charge on any atom is 0.129 e. The van der Waals surface area contributed by atoms with E-state index in [9.17, 15) is 0 Å². The number of nitrogen functional groups attached to an aromatic ring is 1. The molecule has 2 nitrogen and oxygen atoms in total. The van der Waals surface area contributed by atoms with Gasteiger partial charge in [0.1, 0.15) is 5.15 Å². The number of nitrogens with two attached hydrogens (primary N) is 1. The van der Waals surface area contributed by atoms with E-state index in [-0.39, 0.29) is 12.4 Å². The van der Waals surface area contributed by atoms with Crippen molar-refractivity contribution in [2.45, 2.75) is 6.92 Å². The van der Waals surface area contributed by atoms with Crippen LogP contribution in [0.4, 0.5) is 5.69 Å². The third-order valence-electron chi connectivity index (χ3n) is 2.10. The first-order valence-electron chi connectivity index (χ1n) is 4.00. The van der Waals surface area contributed by atoms with Crippen molar-refractivity contribution < 1.29 is 0 Å². The van der Waals surface area contributed by atoms with Gasteiger partial charge in [-0.15, -0.1) is 12.4 Å². The third kappa shape index (κ3) is 1.76. The van der Waals surface area contributed by atoms with Gasteiger partial charge in [-0.05, 0) is 30.7 Å². The van der Waals surface area contributed by atoms with Crippen LogP contribution in [0.5, 0.6) is 0 Å². The lowest BCUT2D eigenvalue weighted by atomic mass is 10.1. The zero-order valence-corrected chi connectivity index (χ0v) is 9.19. The molecule has 14 heavy (non-hydrogen) atoms. The molecule has 0 amide bonds. The molecule has 2 aromatic rings. The van der Waals surface area contributed by atoms with Crippen LogP contribution in [0.25, 0.3) is 10.9 Å². The molecule has 0 saturated carbocycles. The molecule has 0 fully saturated rings. The number of hydrogen-bond donors (Lipinski definition) is 1. The van der Waals surface area contributed by atoms with Crippen LogP contribution in [-0.2, 0) is 0 Å². The topological polar surface area (TPSA) is 38.9 Å². The molecular formula is C10H10Cl2N2. The lowest BCUT2D eigenvalue weighted by Gasteiger charge is -2.04. The van der Waals surface area contributed by atoms with Gasteiger partial charge >= 0.3 is 0 Å². The summed E-state index contributed by atoms with van der Waals surface area (Å²) < 4.78 is 0. The number of rotatable bonds is 0. The zero-order chi connectivity index (χ0) is 9.42. The fourth-order valence-corrected chi connectivity index (χ4v) is 1.47. The number of halogens is 2. The summed E-state index contributed by atoms with van der Waals surface area (Å²) in [6.07, 6.45) is 0. The van der Waals surface area contributed by atoms with Gasteiger partial charge in [0.15, 0.2) is 0 Å². The summed E-state index contributed by atoms with van der Waals surface area (Å²) in [7, 11) is 0. The summed E-state index contributed by atoms with van der Waals surface area (Å²) in [5.74, 6) is 0. The molecule has 1 aromatic heterocycles. The minimum Gasteiger partial charge on any atom is -0.398 e. The predicted octanol–water partition coefficient (Wildman–Crippen LogP) is 3.20. The van der Waals surface area contributed by atoms with Crippen LogP contribution < -0.4 is 5.73 Å². The van der Waals surface area contributed by atoms with Crippen molar-refractivity contribution in [3.8, 4) is 0 Å². The van der Waals surface area contributed by atoms with E-state index in [1.165, 1.54) is 0 Å². The molecule has 74 valence electrons. The molecule has 0 aliphatic rings. The summed E-state index contributed by atoms with van der Waals surface area (Å²) >= 11 is 5.76. The Hall–Kier alpha value is -0.990. The molecule has 2 rings (SSSR count). The van der Waals surface area contributed by atoms with Gasteiger partial charge in [0, 0.05) is 11.1 Å². The summed E-state index contributed by atoms with van der Waals surface area (Å²) in [5.41, 5.74) is 8.57. The highest BCUT2D eigenvalue weighted by Gasteiger charge is 2.01. The van der Waals surface area contributed by atoms with Crippen molar-refractivity contribution in [3.63, 3.8) is 0 Å². The van der Waals surface area contributed by atoms with Gasteiger partial charge in [0.05, 0.1) is 5.52 Å². The standard InChI is InChI=1S/C10H9ClN2.ClH/c1-6-2-4-8-7(10(6)12)3-5-9(11)13-8;/h2-5H,12H2,1H3;1H. The summed E-state index contributed by atoms with van der Waals surface area (Å²) in [5, 5.41) is 1.46. The van der Waals surface area contributed by atoms with Crippen molar-refractivity contribution in [2.24, 2.45) is 0 Å². The van der Waals surface area contributed by atoms with E-state index >= 15 is 0 Å². The highest BCUT2D eigenvalue weighted by molar-refractivity contribution is 6.29. The molecule has 1 heterocycles. The lowest BCUT2D eigenvalue weighted by molar-refractivity contribution is 1.39. The van der Waals surface area contributed by atoms with Crippen LogP contribution in [0.3, 0.4) is 0 Å². The van der Waals surface area contributed by atoms with Crippen molar-refractivity contribution in [3.05, 3.63) is 35.0 Å². The Bertz CT molecular complexity index is 469. The summed E-state index contributed by atoms with van der Waals surface area (Å²) in [6.45, 7) is 1.98. The Kier molecular flexibility index (Phi) is 3.19. The molecule has 4 heteroatoms. The number of aromatic nitrogens is 1. The van der Waals surface area contributed by atoms with Crippen LogP contribution in [0, 0.1) is 6.92 Å². The molecule has 0 spiro atoms. The lowest BCUT2D eigenvalue weighted by Crippen LogP contribution is -1.92. The number of benzene rings is 1. The number of pyridine rings is 1. The Labute approximate surface area is 93.5 Å². The third-order valence-corrected chi connectivity index (χ3v) is 2.31. The van der Waals surface area contributed by atoms with Gasteiger partial charge in [-0.25, -0.2) is 4.98 Å². The first-order valence-corrected chi connectivity index (χ1v) is 4.37. The van der Waals surface area contributed by atoms with E-state index in [4.69, 9.17) is 17.3 Å². The average Bonchev–Trinajstić information content (AvgIpc) is 2.12. The SMILES string of the molecule is Cc1ccc2nc(Cl)ccc2c1N.Cl. The van der Waals surface area contributed by atoms with E-state index in [1.54, 1.807) is 6.07 Å². The van der Waals surface area contributed by atoms with E-state index < -0.39 is 0 Å². The van der Waals surface area contributed by atoms with Gasteiger partial charge in [0.25, 0.3) is 0 Å². The number of aryl methyl sites for hydroxylation is 1. The Balaban J connectivity index is 0.000000980. The summed E-state index contributed by atoms with van der Waals surface area (Å²) in [4.78, 5) is 4.16. The van der Waals surface area contributed by atoms with Crippen molar-refractivity contribution in [2.75, 3.05) is 5.73 Å². The van der Waals surface area contributed by atoms with Crippen LogP contribution in [0.15, 0.2) is 24.3 Å². The van der Waals surface area contributed by atoms with E-state index in [2.05, 4.69) is 4.98 Å². The molecule has 1 aromatic carbocycles. The molecule has 2 N–H and O–H groups in total. The zero-order valence-electron chi connectivity index (χ0n) is 7.62. The molecule has 0 atom stereocenters. The molecule has 0 aliphatic heterocycles. The number of anilines is 1. The highest BCUT2D eigenvalue weighted by atomic mass is 35.5. The fourth-order valence-electron chi connectivity index (χ4n) is 1.31. The van der Waals surface area contributed by atoms with Gasteiger partial charge in [-0.3, -0.25) is 0 Å². The average molecular weight is 229 g/mol. The maximum absolute atomic E-state index is 5.89. The van der Waals surface area contributed by atoms with Crippen molar-refractivity contribution >= 4 is 40.6 Å².